The van der Waals surface area contributed by atoms with E-state index in [0.717, 1.165) is 38.5 Å². The summed E-state index contributed by atoms with van der Waals surface area (Å²) in [5.41, 5.74) is 0. The van der Waals surface area contributed by atoms with Gasteiger partial charge in [0, 0.05) is 12.8 Å². The molecule has 0 bridgehead atoms. The molecule has 40 heavy (non-hydrogen) atoms. The monoisotopic (exact) mass is 565 g/mol. The van der Waals surface area contributed by atoms with Gasteiger partial charge in [-0.1, -0.05) is 142 Å². The number of carbonyl (C=O) groups is 2. The maximum atomic E-state index is 12.5. The zero-order valence-electron chi connectivity index (χ0n) is 26.9. The Kier molecular flexibility index (Phi) is 31.1. The highest BCUT2D eigenvalue weighted by Gasteiger charge is 2.14. The third-order valence-corrected chi connectivity index (χ3v) is 7.99. The first kappa shape index (κ1) is 38.7. The van der Waals surface area contributed by atoms with Crippen LogP contribution in [0.5, 0.6) is 0 Å². The molecule has 0 aliphatic carbocycles. The number of hydrogen-bond donors (Lipinski definition) is 1. The molecular weight excluding hydrogens is 496 g/mol. The number of carboxylic acid groups (broad SMARTS) is 1. The average Bonchev–Trinajstić information content (AvgIpc) is 2.93. The van der Waals surface area contributed by atoms with Gasteiger partial charge in [0.05, 0.1) is 0 Å². The number of allylic oxidation sites excluding steroid dienone is 2. The fraction of sp³-hybridized carbons (Fsp3) is 0.889. The minimum atomic E-state index is -0.672. The second-order valence-electron chi connectivity index (χ2n) is 12.1. The van der Waals surface area contributed by atoms with Crippen LogP contribution >= 0.6 is 0 Å². The van der Waals surface area contributed by atoms with Gasteiger partial charge in [-0.2, -0.15) is 0 Å². The largest absolute Gasteiger partial charge is 0.481 e. The Morgan fingerprint density at radius 2 is 0.925 bits per heavy atom. The zero-order valence-corrected chi connectivity index (χ0v) is 26.9. The van der Waals surface area contributed by atoms with Crippen molar-refractivity contribution in [3.63, 3.8) is 0 Å². The zero-order chi connectivity index (χ0) is 29.4. The maximum Gasteiger partial charge on any atom is 0.306 e. The predicted molar refractivity (Wildman–Crippen MR) is 172 cm³/mol. The van der Waals surface area contributed by atoms with E-state index in [4.69, 9.17) is 9.84 Å². The van der Waals surface area contributed by atoms with E-state index in [0.29, 0.717) is 12.8 Å². The van der Waals surface area contributed by atoms with Gasteiger partial charge in [0.2, 0.25) is 0 Å². The lowest BCUT2D eigenvalue weighted by Crippen LogP contribution is -2.18. The molecule has 4 heteroatoms. The Bertz CT molecular complexity index is 571. The topological polar surface area (TPSA) is 63.6 Å². The molecule has 0 fully saturated rings. The first-order chi connectivity index (χ1) is 19.6. The number of hydrogen-bond acceptors (Lipinski definition) is 3. The number of aliphatic carboxylic acids is 1. The lowest BCUT2D eigenvalue weighted by atomic mass is 10.0. The molecule has 1 atom stereocenters. The van der Waals surface area contributed by atoms with Gasteiger partial charge < -0.3 is 9.84 Å². The molecule has 0 radical (unpaired) electrons. The van der Waals surface area contributed by atoms with E-state index in [2.05, 4.69) is 26.0 Å². The Morgan fingerprint density at radius 3 is 1.43 bits per heavy atom. The van der Waals surface area contributed by atoms with Crippen molar-refractivity contribution in [1.82, 2.24) is 0 Å². The van der Waals surface area contributed by atoms with Gasteiger partial charge in [0.1, 0.15) is 6.10 Å². The Labute approximate surface area is 249 Å². The smallest absolute Gasteiger partial charge is 0.306 e. The summed E-state index contributed by atoms with van der Waals surface area (Å²) in [6.07, 6.45) is 38.1. The van der Waals surface area contributed by atoms with Gasteiger partial charge in [-0.25, -0.2) is 0 Å². The molecule has 236 valence electrons. The van der Waals surface area contributed by atoms with E-state index in [1.54, 1.807) is 0 Å². The fourth-order valence-electron chi connectivity index (χ4n) is 5.34. The van der Waals surface area contributed by atoms with Crippen molar-refractivity contribution in [3.8, 4) is 0 Å². The molecule has 0 saturated heterocycles. The molecule has 0 rings (SSSR count). The van der Waals surface area contributed by atoms with Crippen LogP contribution in [0.3, 0.4) is 0 Å². The lowest BCUT2D eigenvalue weighted by Gasteiger charge is -2.18. The van der Waals surface area contributed by atoms with Gasteiger partial charge >= 0.3 is 11.9 Å². The molecule has 0 spiro atoms. The van der Waals surface area contributed by atoms with Crippen molar-refractivity contribution >= 4 is 11.9 Å². The molecular formula is C36H68O4. The second-order valence-corrected chi connectivity index (χ2v) is 12.1. The average molecular weight is 565 g/mol. The van der Waals surface area contributed by atoms with Crippen LogP contribution in [0.25, 0.3) is 0 Å². The minimum Gasteiger partial charge on any atom is -0.481 e. The molecule has 4 nitrogen and oxygen atoms in total. The quantitative estimate of drug-likeness (QED) is 0.0501. The SMILES string of the molecule is CCCC/C=C\CCCCCCCC(=O)OC(CCCCCCC)CCCCCCCCCCCCCC(=O)O. The Balaban J connectivity index is 3.91. The first-order valence-electron chi connectivity index (χ1n) is 17.7. The summed E-state index contributed by atoms with van der Waals surface area (Å²) in [7, 11) is 0. The van der Waals surface area contributed by atoms with Crippen LogP contribution in [0, 0.1) is 0 Å². The molecule has 1 N–H and O–H groups in total. The highest BCUT2D eigenvalue weighted by atomic mass is 16.5. The van der Waals surface area contributed by atoms with Crippen LogP contribution < -0.4 is 0 Å². The number of esters is 1. The normalized spacial score (nSPS) is 12.2. The van der Waals surface area contributed by atoms with Crippen molar-refractivity contribution in [1.29, 1.82) is 0 Å². The van der Waals surface area contributed by atoms with E-state index in [9.17, 15) is 9.59 Å². The van der Waals surface area contributed by atoms with Crippen LogP contribution in [0.1, 0.15) is 200 Å². The molecule has 0 aromatic carbocycles. The van der Waals surface area contributed by atoms with E-state index < -0.39 is 5.97 Å². The number of rotatable bonds is 32. The predicted octanol–water partition coefficient (Wildman–Crippen LogP) is 11.9. The van der Waals surface area contributed by atoms with Crippen LogP contribution in [0.4, 0.5) is 0 Å². The highest BCUT2D eigenvalue weighted by molar-refractivity contribution is 5.69. The van der Waals surface area contributed by atoms with Crippen molar-refractivity contribution in [2.75, 3.05) is 0 Å². The van der Waals surface area contributed by atoms with Gasteiger partial charge in [-0.3, -0.25) is 9.59 Å². The molecule has 0 aromatic rings. The number of unbranched alkanes of at least 4 members (excludes halogenated alkanes) is 21. The summed E-state index contributed by atoms with van der Waals surface area (Å²) in [5.74, 6) is -0.644. The van der Waals surface area contributed by atoms with Crippen LogP contribution in [0.15, 0.2) is 12.2 Å². The third kappa shape index (κ3) is 31.2. The van der Waals surface area contributed by atoms with Gasteiger partial charge in [-0.15, -0.1) is 0 Å². The molecule has 1 unspecified atom stereocenters. The fourth-order valence-corrected chi connectivity index (χ4v) is 5.34. The second kappa shape index (κ2) is 32.2. The van der Waals surface area contributed by atoms with Crippen LogP contribution in [-0.4, -0.2) is 23.1 Å². The standard InChI is InChI=1S/C36H68O4/c1-3-5-7-9-10-11-13-18-21-25-29-33-36(39)40-34(30-26-22-8-6-4-2)31-27-23-19-16-14-12-15-17-20-24-28-32-35(37)38/h9-10,34H,3-8,11-33H2,1-2H3,(H,37,38)/b10-9-. The molecule has 0 amide bonds. The Morgan fingerprint density at radius 1 is 0.525 bits per heavy atom. The van der Waals surface area contributed by atoms with E-state index in [-0.39, 0.29) is 12.1 Å². The van der Waals surface area contributed by atoms with Gasteiger partial charge in [0.15, 0.2) is 0 Å². The van der Waals surface area contributed by atoms with E-state index >= 15 is 0 Å². The van der Waals surface area contributed by atoms with Crippen molar-refractivity contribution < 1.29 is 19.4 Å². The summed E-state index contributed by atoms with van der Waals surface area (Å²) in [4.78, 5) is 23.1. The number of carbonyl (C=O) groups excluding carboxylic acids is 1. The molecule has 0 saturated carbocycles. The maximum absolute atomic E-state index is 12.5. The van der Waals surface area contributed by atoms with Crippen LogP contribution in [-0.2, 0) is 14.3 Å². The Hall–Kier alpha value is -1.32. The highest BCUT2D eigenvalue weighted by Crippen LogP contribution is 2.19. The van der Waals surface area contributed by atoms with Crippen molar-refractivity contribution in [2.24, 2.45) is 0 Å². The summed E-state index contributed by atoms with van der Waals surface area (Å²) in [6.45, 7) is 4.49. The first-order valence-corrected chi connectivity index (χ1v) is 17.7. The minimum absolute atomic E-state index is 0.0281. The summed E-state index contributed by atoms with van der Waals surface area (Å²) in [6, 6.07) is 0. The van der Waals surface area contributed by atoms with Crippen LogP contribution in [0.2, 0.25) is 0 Å². The summed E-state index contributed by atoms with van der Waals surface area (Å²) < 4.78 is 5.98. The van der Waals surface area contributed by atoms with E-state index in [1.165, 1.54) is 135 Å². The van der Waals surface area contributed by atoms with Crippen molar-refractivity contribution in [2.45, 2.75) is 206 Å². The molecule has 0 aliphatic heterocycles. The summed E-state index contributed by atoms with van der Waals surface area (Å²) in [5, 5.41) is 8.68. The van der Waals surface area contributed by atoms with Gasteiger partial charge in [-0.05, 0) is 57.8 Å². The lowest BCUT2D eigenvalue weighted by molar-refractivity contribution is -0.150. The third-order valence-electron chi connectivity index (χ3n) is 7.99. The van der Waals surface area contributed by atoms with Gasteiger partial charge in [0.25, 0.3) is 0 Å². The number of carboxylic acids is 1. The molecule has 0 aromatic heterocycles. The molecule has 0 aliphatic rings. The van der Waals surface area contributed by atoms with Crippen molar-refractivity contribution in [3.05, 3.63) is 12.2 Å². The number of ether oxygens (including phenoxy) is 1. The van der Waals surface area contributed by atoms with E-state index in [1.807, 2.05) is 0 Å². The molecule has 0 heterocycles. The summed E-state index contributed by atoms with van der Waals surface area (Å²) >= 11 is 0.